The Hall–Kier alpha value is -3.03. The molecule has 0 bridgehead atoms. The number of aromatic nitrogens is 3. The van der Waals surface area contributed by atoms with Gasteiger partial charge in [0.05, 0.1) is 0 Å². The molecule has 2 aromatic carbocycles. The van der Waals surface area contributed by atoms with Crippen LogP contribution in [-0.2, 0) is 7.05 Å². The summed E-state index contributed by atoms with van der Waals surface area (Å²) in [5.41, 5.74) is 1.90. The van der Waals surface area contributed by atoms with Crippen LogP contribution in [0.1, 0.15) is 27.9 Å². The van der Waals surface area contributed by atoms with E-state index in [2.05, 4.69) is 15.3 Å². The molecule has 5 nitrogen and oxygen atoms in total. The fourth-order valence-corrected chi connectivity index (χ4v) is 3.85. The van der Waals surface area contributed by atoms with Gasteiger partial charge in [0.15, 0.2) is 0 Å². The van der Waals surface area contributed by atoms with E-state index in [1.165, 1.54) is 23.5 Å². The number of nitrogens with zero attached hydrogens (tertiary/aromatic N) is 3. The van der Waals surface area contributed by atoms with Crippen molar-refractivity contribution < 1.29 is 9.18 Å². The van der Waals surface area contributed by atoms with Crippen molar-refractivity contribution in [3.05, 3.63) is 94.2 Å². The third kappa shape index (κ3) is 4.21. The molecule has 1 atom stereocenters. The zero-order chi connectivity index (χ0) is 20.4. The van der Waals surface area contributed by atoms with Gasteiger partial charge in [0.25, 0.3) is 5.91 Å². The Balaban J connectivity index is 1.61. The molecule has 2 aromatic heterocycles. The second-order valence-electron chi connectivity index (χ2n) is 6.40. The minimum absolute atomic E-state index is 0.294. The van der Waals surface area contributed by atoms with Crippen LogP contribution in [0.3, 0.4) is 0 Å². The normalized spacial score (nSPS) is 12.0. The smallest absolute Gasteiger partial charge is 0.271 e. The Bertz CT molecular complexity index is 1140. The van der Waals surface area contributed by atoms with E-state index in [1.54, 1.807) is 35.8 Å². The highest BCUT2D eigenvalue weighted by molar-refractivity contribution is 7.13. The number of aryl methyl sites for hydroxylation is 1. The van der Waals surface area contributed by atoms with Gasteiger partial charge < -0.3 is 9.88 Å². The number of hydrogen-bond donors (Lipinski definition) is 1. The lowest BCUT2D eigenvalue weighted by Crippen LogP contribution is -2.31. The molecule has 1 N–H and O–H groups in total. The highest BCUT2D eigenvalue weighted by Crippen LogP contribution is 2.26. The summed E-state index contributed by atoms with van der Waals surface area (Å²) in [7, 11) is 1.87. The molecular weight excluding hydrogens is 411 g/mol. The number of amides is 1. The van der Waals surface area contributed by atoms with Crippen LogP contribution in [-0.4, -0.2) is 20.4 Å². The van der Waals surface area contributed by atoms with Crippen molar-refractivity contribution in [3.63, 3.8) is 0 Å². The van der Waals surface area contributed by atoms with Crippen molar-refractivity contribution >= 4 is 28.8 Å². The van der Waals surface area contributed by atoms with Crippen molar-refractivity contribution in [2.24, 2.45) is 7.05 Å². The summed E-state index contributed by atoms with van der Waals surface area (Å²) in [5, 5.41) is 5.95. The lowest BCUT2D eigenvalue weighted by atomic mass is 10.1. The van der Waals surface area contributed by atoms with Crippen molar-refractivity contribution in [1.29, 1.82) is 0 Å². The molecule has 0 fully saturated rings. The Morgan fingerprint density at radius 1 is 1.17 bits per heavy atom. The monoisotopic (exact) mass is 426 g/mol. The molecule has 0 saturated carbocycles. The number of benzene rings is 2. The number of nitrogens with one attached hydrogen (secondary N) is 1. The van der Waals surface area contributed by atoms with Gasteiger partial charge in [-0.1, -0.05) is 23.7 Å². The van der Waals surface area contributed by atoms with Crippen LogP contribution in [0.4, 0.5) is 4.39 Å². The minimum atomic E-state index is -0.462. The van der Waals surface area contributed by atoms with E-state index >= 15 is 0 Å². The fraction of sp³-hybridized carbons (Fsp3) is 0.0952. The number of thiazole rings is 1. The van der Waals surface area contributed by atoms with Gasteiger partial charge in [-0.3, -0.25) is 4.79 Å². The summed E-state index contributed by atoms with van der Waals surface area (Å²) < 4.78 is 15.0. The molecule has 0 aliphatic carbocycles. The third-order valence-electron chi connectivity index (χ3n) is 4.42. The summed E-state index contributed by atoms with van der Waals surface area (Å²) in [5.74, 6) is 0.0522. The molecule has 0 radical (unpaired) electrons. The van der Waals surface area contributed by atoms with Gasteiger partial charge in [0.2, 0.25) is 0 Å². The SMILES string of the molecule is Cn1ccnc1C(NC(=O)c1csc(-c2ccc(F)cc2)n1)c1ccc(Cl)cc1. The average Bonchev–Trinajstić information content (AvgIpc) is 3.37. The molecular formula is C21H16ClFN4OS. The quantitative estimate of drug-likeness (QED) is 0.496. The molecule has 0 aliphatic heterocycles. The van der Waals surface area contributed by atoms with E-state index in [0.29, 0.717) is 21.5 Å². The predicted octanol–water partition coefficient (Wildman–Crippen LogP) is 4.86. The number of imidazole rings is 1. The molecule has 0 aliphatic rings. The molecule has 1 amide bonds. The Kier molecular flexibility index (Phi) is 5.42. The maximum absolute atomic E-state index is 13.1. The average molecular weight is 427 g/mol. The van der Waals surface area contributed by atoms with Gasteiger partial charge in [-0.2, -0.15) is 0 Å². The number of carbonyl (C=O) groups excluding carboxylic acids is 1. The van der Waals surface area contributed by atoms with Gasteiger partial charge in [0.1, 0.15) is 28.4 Å². The molecule has 146 valence electrons. The van der Waals surface area contributed by atoms with Crippen molar-refractivity contribution in [3.8, 4) is 10.6 Å². The highest BCUT2D eigenvalue weighted by Gasteiger charge is 2.23. The van der Waals surface area contributed by atoms with Crippen LogP contribution < -0.4 is 5.32 Å². The van der Waals surface area contributed by atoms with E-state index in [1.807, 2.05) is 29.9 Å². The van der Waals surface area contributed by atoms with Crippen LogP contribution in [0.25, 0.3) is 10.6 Å². The Morgan fingerprint density at radius 2 is 1.90 bits per heavy atom. The second-order valence-corrected chi connectivity index (χ2v) is 7.69. The first kappa shape index (κ1) is 19.3. The molecule has 2 heterocycles. The summed E-state index contributed by atoms with van der Waals surface area (Å²) in [4.78, 5) is 21.7. The van der Waals surface area contributed by atoms with Crippen molar-refractivity contribution in [2.45, 2.75) is 6.04 Å². The van der Waals surface area contributed by atoms with E-state index < -0.39 is 6.04 Å². The lowest BCUT2D eigenvalue weighted by Gasteiger charge is -2.18. The molecule has 8 heteroatoms. The van der Waals surface area contributed by atoms with Crippen LogP contribution >= 0.6 is 22.9 Å². The van der Waals surface area contributed by atoms with Crippen molar-refractivity contribution in [1.82, 2.24) is 19.9 Å². The van der Waals surface area contributed by atoms with E-state index in [4.69, 9.17) is 11.6 Å². The maximum atomic E-state index is 13.1. The van der Waals surface area contributed by atoms with Gasteiger partial charge in [-0.15, -0.1) is 11.3 Å². The van der Waals surface area contributed by atoms with Crippen LogP contribution in [0.2, 0.25) is 5.02 Å². The first-order chi connectivity index (χ1) is 14.0. The van der Waals surface area contributed by atoms with Gasteiger partial charge in [0, 0.05) is 35.4 Å². The summed E-state index contributed by atoms with van der Waals surface area (Å²) >= 11 is 7.33. The first-order valence-electron chi connectivity index (χ1n) is 8.76. The number of hydrogen-bond acceptors (Lipinski definition) is 4. The van der Waals surface area contributed by atoms with E-state index in [0.717, 1.165) is 11.1 Å². The summed E-state index contributed by atoms with van der Waals surface area (Å²) in [6.45, 7) is 0. The van der Waals surface area contributed by atoms with Crippen molar-refractivity contribution in [2.75, 3.05) is 0 Å². The largest absolute Gasteiger partial charge is 0.337 e. The first-order valence-corrected chi connectivity index (χ1v) is 10.0. The fourth-order valence-electron chi connectivity index (χ4n) is 2.92. The topological polar surface area (TPSA) is 59.8 Å². The highest BCUT2D eigenvalue weighted by atomic mass is 35.5. The van der Waals surface area contributed by atoms with Crippen LogP contribution in [0, 0.1) is 5.82 Å². The van der Waals surface area contributed by atoms with Gasteiger partial charge >= 0.3 is 0 Å². The predicted molar refractivity (Wildman–Crippen MR) is 111 cm³/mol. The molecule has 1 unspecified atom stereocenters. The van der Waals surface area contributed by atoms with E-state index in [-0.39, 0.29) is 11.7 Å². The zero-order valence-corrected chi connectivity index (χ0v) is 16.9. The molecule has 0 spiro atoms. The van der Waals surface area contributed by atoms with Crippen LogP contribution in [0.5, 0.6) is 0 Å². The molecule has 0 saturated heterocycles. The zero-order valence-electron chi connectivity index (χ0n) is 15.3. The van der Waals surface area contributed by atoms with E-state index in [9.17, 15) is 9.18 Å². The lowest BCUT2D eigenvalue weighted by molar-refractivity contribution is 0.0937. The number of carbonyl (C=O) groups is 1. The summed E-state index contributed by atoms with van der Waals surface area (Å²) in [6.07, 6.45) is 3.50. The van der Waals surface area contributed by atoms with Gasteiger partial charge in [-0.05, 0) is 42.0 Å². The molecule has 29 heavy (non-hydrogen) atoms. The van der Waals surface area contributed by atoms with Crippen LogP contribution in [0.15, 0.2) is 66.3 Å². The second kappa shape index (κ2) is 8.14. The minimum Gasteiger partial charge on any atom is -0.337 e. The molecule has 4 aromatic rings. The summed E-state index contributed by atoms with van der Waals surface area (Å²) in [6, 6.07) is 12.8. The Morgan fingerprint density at radius 3 is 2.55 bits per heavy atom. The van der Waals surface area contributed by atoms with Gasteiger partial charge in [-0.25, -0.2) is 14.4 Å². The molecule has 4 rings (SSSR count). The third-order valence-corrected chi connectivity index (χ3v) is 5.57. The Labute approximate surface area is 175 Å². The maximum Gasteiger partial charge on any atom is 0.271 e. The number of halogens is 2. The standard InChI is InChI=1S/C21H16ClFN4OS/c1-27-11-10-24-19(27)18(13-2-6-15(22)7-3-13)26-20(28)17-12-29-21(25-17)14-4-8-16(23)9-5-14/h2-12,18H,1H3,(H,26,28). The number of rotatable bonds is 5.